The molecular weight excluding hydrogens is 298 g/mol. The minimum atomic E-state index is -3.37. The quantitative estimate of drug-likeness (QED) is 0.859. The second-order valence-corrected chi connectivity index (χ2v) is 7.24. The SMILES string of the molecule is Cc1ccc(NS(=O)(=O)CCN2CCNCC2)c(Cl)c1. The Morgan fingerprint density at radius 3 is 2.70 bits per heavy atom. The molecule has 0 spiro atoms. The number of rotatable bonds is 5. The molecule has 0 saturated carbocycles. The van der Waals surface area contributed by atoms with Crippen molar-refractivity contribution in [2.75, 3.05) is 43.2 Å². The molecule has 0 bridgehead atoms. The number of aryl methyl sites for hydroxylation is 1. The summed E-state index contributed by atoms with van der Waals surface area (Å²) >= 11 is 6.04. The summed E-state index contributed by atoms with van der Waals surface area (Å²) in [6.45, 7) is 6.06. The molecule has 1 aliphatic rings. The number of anilines is 1. The predicted molar refractivity (Wildman–Crippen MR) is 82.9 cm³/mol. The van der Waals surface area contributed by atoms with Gasteiger partial charge in [0.2, 0.25) is 10.0 Å². The molecule has 5 nitrogen and oxygen atoms in total. The smallest absolute Gasteiger partial charge is 0.234 e. The Morgan fingerprint density at radius 1 is 1.35 bits per heavy atom. The highest BCUT2D eigenvalue weighted by Crippen LogP contribution is 2.23. The molecule has 0 radical (unpaired) electrons. The molecular formula is C13H20ClN3O2S. The van der Waals surface area contributed by atoms with Crippen LogP contribution in [0.5, 0.6) is 0 Å². The van der Waals surface area contributed by atoms with Crippen LogP contribution < -0.4 is 10.0 Å². The van der Waals surface area contributed by atoms with Gasteiger partial charge in [-0.2, -0.15) is 0 Å². The molecule has 1 heterocycles. The maximum atomic E-state index is 12.1. The average molecular weight is 318 g/mol. The van der Waals surface area contributed by atoms with E-state index in [0.717, 1.165) is 31.7 Å². The first-order chi connectivity index (χ1) is 9.46. The molecule has 0 amide bonds. The lowest BCUT2D eigenvalue weighted by Gasteiger charge is -2.26. The Balaban J connectivity index is 1.93. The van der Waals surface area contributed by atoms with Crippen molar-refractivity contribution in [3.05, 3.63) is 28.8 Å². The van der Waals surface area contributed by atoms with E-state index < -0.39 is 10.0 Å². The molecule has 2 rings (SSSR count). The molecule has 1 aromatic rings. The van der Waals surface area contributed by atoms with E-state index in [4.69, 9.17) is 11.6 Å². The van der Waals surface area contributed by atoms with Gasteiger partial charge in [-0.05, 0) is 24.6 Å². The van der Waals surface area contributed by atoms with Gasteiger partial charge in [-0.1, -0.05) is 17.7 Å². The fourth-order valence-electron chi connectivity index (χ4n) is 2.11. The molecule has 1 aromatic carbocycles. The van der Waals surface area contributed by atoms with Gasteiger partial charge in [0.15, 0.2) is 0 Å². The van der Waals surface area contributed by atoms with Crippen LogP contribution in [0.15, 0.2) is 18.2 Å². The molecule has 1 aliphatic heterocycles. The normalized spacial score (nSPS) is 17.1. The number of hydrogen-bond donors (Lipinski definition) is 2. The summed E-state index contributed by atoms with van der Waals surface area (Å²) in [6, 6.07) is 5.27. The van der Waals surface area contributed by atoms with Gasteiger partial charge in [0.05, 0.1) is 16.5 Å². The van der Waals surface area contributed by atoms with E-state index in [1.807, 2.05) is 13.0 Å². The molecule has 1 saturated heterocycles. The third-order valence-electron chi connectivity index (χ3n) is 3.28. The number of piperazine rings is 1. The Kier molecular flexibility index (Phi) is 5.26. The molecule has 20 heavy (non-hydrogen) atoms. The van der Waals surface area contributed by atoms with Crippen LogP contribution in [0.4, 0.5) is 5.69 Å². The minimum Gasteiger partial charge on any atom is -0.314 e. The molecule has 0 aliphatic carbocycles. The van der Waals surface area contributed by atoms with Crippen molar-refractivity contribution in [1.29, 1.82) is 0 Å². The molecule has 1 fully saturated rings. The summed E-state index contributed by atoms with van der Waals surface area (Å²) < 4.78 is 26.7. The van der Waals surface area contributed by atoms with Crippen molar-refractivity contribution < 1.29 is 8.42 Å². The van der Waals surface area contributed by atoms with Gasteiger partial charge in [-0.25, -0.2) is 8.42 Å². The van der Waals surface area contributed by atoms with E-state index in [2.05, 4.69) is 14.9 Å². The molecule has 0 aromatic heterocycles. The highest BCUT2D eigenvalue weighted by molar-refractivity contribution is 7.92. The van der Waals surface area contributed by atoms with Crippen LogP contribution in [0.2, 0.25) is 5.02 Å². The summed E-state index contributed by atoms with van der Waals surface area (Å²) in [5.41, 5.74) is 1.44. The fourth-order valence-corrected chi connectivity index (χ4v) is 3.56. The Labute approximate surface area is 125 Å². The molecule has 0 atom stereocenters. The van der Waals surface area contributed by atoms with Crippen LogP contribution in [0.1, 0.15) is 5.56 Å². The van der Waals surface area contributed by atoms with Gasteiger partial charge in [-0.3, -0.25) is 9.62 Å². The van der Waals surface area contributed by atoms with Crippen molar-refractivity contribution in [3.63, 3.8) is 0 Å². The van der Waals surface area contributed by atoms with E-state index in [-0.39, 0.29) is 5.75 Å². The van der Waals surface area contributed by atoms with E-state index in [1.165, 1.54) is 0 Å². The van der Waals surface area contributed by atoms with Crippen LogP contribution in [0.3, 0.4) is 0 Å². The number of sulfonamides is 1. The van der Waals surface area contributed by atoms with Crippen molar-refractivity contribution in [3.8, 4) is 0 Å². The van der Waals surface area contributed by atoms with Crippen LogP contribution in [-0.2, 0) is 10.0 Å². The molecule has 2 N–H and O–H groups in total. The standard InChI is InChI=1S/C13H20ClN3O2S/c1-11-2-3-13(12(14)10-11)16-20(18,19)9-8-17-6-4-15-5-7-17/h2-3,10,15-16H,4-9H2,1H3. The molecule has 7 heteroatoms. The second kappa shape index (κ2) is 6.76. The second-order valence-electron chi connectivity index (χ2n) is 5.00. The van der Waals surface area contributed by atoms with Gasteiger partial charge in [-0.15, -0.1) is 0 Å². The van der Waals surface area contributed by atoms with E-state index in [1.54, 1.807) is 12.1 Å². The third kappa shape index (κ3) is 4.63. The van der Waals surface area contributed by atoms with Gasteiger partial charge < -0.3 is 5.32 Å². The minimum absolute atomic E-state index is 0.0806. The maximum Gasteiger partial charge on any atom is 0.234 e. The number of hydrogen-bond acceptors (Lipinski definition) is 4. The van der Waals surface area contributed by atoms with Crippen LogP contribution in [0.25, 0.3) is 0 Å². The lowest BCUT2D eigenvalue weighted by Crippen LogP contribution is -2.45. The first kappa shape index (κ1) is 15.6. The summed E-state index contributed by atoms with van der Waals surface area (Å²) in [5, 5.41) is 3.67. The maximum absolute atomic E-state index is 12.1. The highest BCUT2D eigenvalue weighted by atomic mass is 35.5. The van der Waals surface area contributed by atoms with Crippen LogP contribution >= 0.6 is 11.6 Å². The Morgan fingerprint density at radius 2 is 2.05 bits per heavy atom. The predicted octanol–water partition coefficient (Wildman–Crippen LogP) is 1.30. The lowest BCUT2D eigenvalue weighted by atomic mass is 10.2. The van der Waals surface area contributed by atoms with Crippen molar-refractivity contribution in [1.82, 2.24) is 10.2 Å². The Bertz CT molecular complexity index is 557. The topological polar surface area (TPSA) is 61.4 Å². The number of nitrogens with one attached hydrogen (secondary N) is 2. The summed E-state index contributed by atoms with van der Waals surface area (Å²) in [6.07, 6.45) is 0. The summed E-state index contributed by atoms with van der Waals surface area (Å²) in [7, 11) is -3.37. The van der Waals surface area contributed by atoms with Gasteiger partial charge in [0.25, 0.3) is 0 Å². The summed E-state index contributed by atoms with van der Waals surface area (Å²) in [4.78, 5) is 2.15. The monoisotopic (exact) mass is 317 g/mol. The third-order valence-corrected chi connectivity index (χ3v) is 4.84. The van der Waals surface area contributed by atoms with Crippen LogP contribution in [0, 0.1) is 6.92 Å². The molecule has 0 unspecified atom stereocenters. The average Bonchev–Trinajstić information content (AvgIpc) is 2.41. The highest BCUT2D eigenvalue weighted by Gasteiger charge is 2.16. The largest absolute Gasteiger partial charge is 0.314 e. The number of benzene rings is 1. The van der Waals surface area contributed by atoms with E-state index >= 15 is 0 Å². The van der Waals surface area contributed by atoms with Gasteiger partial charge >= 0.3 is 0 Å². The fraction of sp³-hybridized carbons (Fsp3) is 0.538. The van der Waals surface area contributed by atoms with Crippen molar-refractivity contribution in [2.45, 2.75) is 6.92 Å². The summed E-state index contributed by atoms with van der Waals surface area (Å²) in [5.74, 6) is 0.0806. The lowest BCUT2D eigenvalue weighted by molar-refractivity contribution is 0.254. The Hall–Kier alpha value is -0.820. The van der Waals surface area contributed by atoms with Crippen LogP contribution in [-0.4, -0.2) is 51.8 Å². The van der Waals surface area contributed by atoms with E-state index in [0.29, 0.717) is 17.3 Å². The van der Waals surface area contributed by atoms with Gasteiger partial charge in [0.1, 0.15) is 0 Å². The zero-order chi connectivity index (χ0) is 14.6. The molecule has 112 valence electrons. The van der Waals surface area contributed by atoms with Crippen molar-refractivity contribution >= 4 is 27.3 Å². The first-order valence-electron chi connectivity index (χ1n) is 6.66. The zero-order valence-corrected chi connectivity index (χ0v) is 13.1. The zero-order valence-electron chi connectivity index (χ0n) is 11.5. The first-order valence-corrected chi connectivity index (χ1v) is 8.69. The van der Waals surface area contributed by atoms with Crippen molar-refractivity contribution in [2.24, 2.45) is 0 Å². The van der Waals surface area contributed by atoms with Gasteiger partial charge in [0, 0.05) is 32.7 Å². The van der Waals surface area contributed by atoms with E-state index in [9.17, 15) is 8.42 Å². The number of halogens is 1. The number of nitrogens with zero attached hydrogens (tertiary/aromatic N) is 1.